The third-order valence-corrected chi connectivity index (χ3v) is 2.29. The predicted molar refractivity (Wildman–Crippen MR) is 35.8 cm³/mol. The van der Waals surface area contributed by atoms with Crippen LogP contribution in [0, 0.1) is 5.75 Å². The second-order valence-electron chi connectivity index (χ2n) is 1.89. The maximum absolute atomic E-state index is 4.27. The smallest absolute Gasteiger partial charge is 0.159 e. The van der Waals surface area contributed by atoms with Crippen molar-refractivity contribution in [3.05, 3.63) is 5.75 Å². The Balaban J connectivity index is 2.20. The summed E-state index contributed by atoms with van der Waals surface area (Å²) >= 11 is 1.76. The maximum Gasteiger partial charge on any atom is 0.159 e. The molecule has 0 saturated carbocycles. The number of fused-ring (bicyclic) bond motifs is 1. The van der Waals surface area contributed by atoms with Crippen molar-refractivity contribution in [2.24, 2.45) is 4.99 Å². The Morgan fingerprint density at radius 1 is 1.75 bits per heavy atom. The van der Waals surface area contributed by atoms with E-state index in [1.165, 1.54) is 5.17 Å². The van der Waals surface area contributed by atoms with Crippen LogP contribution in [0.5, 0.6) is 0 Å². The molecule has 0 bridgehead atoms. The fraction of sp³-hybridized carbons (Fsp3) is 0.600. The van der Waals surface area contributed by atoms with Gasteiger partial charge in [-0.25, -0.2) is 0 Å². The Bertz CT molecular complexity index is 132. The standard InChI is InChI=1S/C5H7N2S/c1-2-7-3-4-8-5(7)6-1/h4H,1-3H2. The van der Waals surface area contributed by atoms with Crippen molar-refractivity contribution in [3.63, 3.8) is 0 Å². The summed E-state index contributed by atoms with van der Waals surface area (Å²) in [5.74, 6) is 2.19. The lowest BCUT2D eigenvalue weighted by Crippen LogP contribution is -2.19. The zero-order valence-electron chi connectivity index (χ0n) is 4.50. The van der Waals surface area contributed by atoms with Gasteiger partial charge in [0, 0.05) is 18.8 Å². The van der Waals surface area contributed by atoms with E-state index in [4.69, 9.17) is 0 Å². The molecule has 0 atom stereocenters. The molecule has 8 heavy (non-hydrogen) atoms. The summed E-state index contributed by atoms with van der Waals surface area (Å²) in [7, 11) is 0. The number of hydrogen-bond donors (Lipinski definition) is 0. The van der Waals surface area contributed by atoms with Gasteiger partial charge in [0.2, 0.25) is 0 Å². The predicted octanol–water partition coefficient (Wildman–Crippen LogP) is 0.567. The number of rotatable bonds is 0. The van der Waals surface area contributed by atoms with Gasteiger partial charge in [-0.3, -0.25) is 4.99 Å². The minimum atomic E-state index is 1.01. The monoisotopic (exact) mass is 127 g/mol. The number of thioether (sulfide) groups is 1. The summed E-state index contributed by atoms with van der Waals surface area (Å²) < 4.78 is 0. The molecule has 0 aromatic rings. The van der Waals surface area contributed by atoms with Gasteiger partial charge in [-0.1, -0.05) is 11.8 Å². The van der Waals surface area contributed by atoms with E-state index in [1.54, 1.807) is 11.8 Å². The third-order valence-electron chi connectivity index (χ3n) is 1.37. The van der Waals surface area contributed by atoms with E-state index in [0.717, 1.165) is 19.6 Å². The molecule has 0 aromatic heterocycles. The van der Waals surface area contributed by atoms with Crippen molar-refractivity contribution in [2.45, 2.75) is 0 Å². The van der Waals surface area contributed by atoms with Crippen LogP contribution in [0.3, 0.4) is 0 Å². The SMILES string of the molecule is [CH]1CN2CCN=C2S1. The lowest BCUT2D eigenvalue weighted by Gasteiger charge is -2.06. The Labute approximate surface area is 53.0 Å². The maximum atomic E-state index is 4.27. The summed E-state index contributed by atoms with van der Waals surface area (Å²) in [6.07, 6.45) is 0. The highest BCUT2D eigenvalue weighted by Crippen LogP contribution is 2.24. The molecule has 2 aliphatic heterocycles. The molecule has 0 N–H and O–H groups in total. The van der Waals surface area contributed by atoms with E-state index in [1.807, 2.05) is 0 Å². The zero-order valence-corrected chi connectivity index (χ0v) is 5.32. The summed E-state index contributed by atoms with van der Waals surface area (Å²) in [5, 5.41) is 1.23. The molecule has 43 valence electrons. The van der Waals surface area contributed by atoms with Gasteiger partial charge in [0.25, 0.3) is 0 Å². The van der Waals surface area contributed by atoms with E-state index < -0.39 is 0 Å². The van der Waals surface area contributed by atoms with Crippen molar-refractivity contribution in [1.82, 2.24) is 4.90 Å². The Morgan fingerprint density at radius 3 is 3.62 bits per heavy atom. The average molecular weight is 127 g/mol. The lowest BCUT2D eigenvalue weighted by atomic mass is 10.6. The first kappa shape index (κ1) is 4.68. The first-order valence-corrected chi connectivity index (χ1v) is 3.62. The Hall–Kier alpha value is -0.180. The molecule has 2 aliphatic rings. The van der Waals surface area contributed by atoms with E-state index in [0.29, 0.717) is 0 Å². The molecular weight excluding hydrogens is 120 g/mol. The first-order valence-electron chi connectivity index (χ1n) is 2.74. The van der Waals surface area contributed by atoms with Crippen LogP contribution in [0.2, 0.25) is 0 Å². The van der Waals surface area contributed by atoms with Gasteiger partial charge in [-0.15, -0.1) is 0 Å². The van der Waals surface area contributed by atoms with Crippen molar-refractivity contribution < 1.29 is 0 Å². The van der Waals surface area contributed by atoms with E-state index in [9.17, 15) is 0 Å². The highest BCUT2D eigenvalue weighted by molar-refractivity contribution is 8.15. The molecule has 2 rings (SSSR count). The Morgan fingerprint density at radius 2 is 2.75 bits per heavy atom. The van der Waals surface area contributed by atoms with Crippen molar-refractivity contribution in [3.8, 4) is 0 Å². The molecule has 1 fully saturated rings. The molecule has 0 aromatic carbocycles. The van der Waals surface area contributed by atoms with Crippen molar-refractivity contribution in [1.29, 1.82) is 0 Å². The number of amidine groups is 1. The van der Waals surface area contributed by atoms with E-state index in [2.05, 4.69) is 15.6 Å². The molecule has 2 heterocycles. The summed E-state index contributed by atoms with van der Waals surface area (Å²) in [5.41, 5.74) is 0. The van der Waals surface area contributed by atoms with Crippen molar-refractivity contribution in [2.75, 3.05) is 19.6 Å². The third kappa shape index (κ3) is 0.540. The minimum Gasteiger partial charge on any atom is -0.348 e. The first-order chi connectivity index (χ1) is 3.97. The second kappa shape index (κ2) is 1.65. The van der Waals surface area contributed by atoms with E-state index in [-0.39, 0.29) is 0 Å². The van der Waals surface area contributed by atoms with Gasteiger partial charge in [-0.05, 0) is 0 Å². The average Bonchev–Trinajstić information content (AvgIpc) is 2.15. The quantitative estimate of drug-likeness (QED) is 0.472. The second-order valence-corrected chi connectivity index (χ2v) is 2.83. The van der Waals surface area contributed by atoms with Crippen LogP contribution in [0.15, 0.2) is 4.99 Å². The molecule has 0 aliphatic carbocycles. The Kier molecular flexibility index (Phi) is 0.966. The zero-order chi connectivity index (χ0) is 5.40. The van der Waals surface area contributed by atoms with Crippen molar-refractivity contribution >= 4 is 16.9 Å². The molecule has 1 radical (unpaired) electrons. The summed E-state index contributed by atoms with van der Waals surface area (Å²) in [6, 6.07) is 0. The van der Waals surface area contributed by atoms with Crippen LogP contribution in [0.1, 0.15) is 0 Å². The van der Waals surface area contributed by atoms with Crippen LogP contribution in [0.25, 0.3) is 0 Å². The molecule has 0 unspecified atom stereocenters. The highest BCUT2D eigenvalue weighted by Gasteiger charge is 2.22. The normalized spacial score (nSPS) is 26.0. The van der Waals surface area contributed by atoms with Gasteiger partial charge in [-0.2, -0.15) is 0 Å². The summed E-state index contributed by atoms with van der Waals surface area (Å²) in [4.78, 5) is 6.57. The number of hydrogen-bond acceptors (Lipinski definition) is 3. The van der Waals surface area contributed by atoms with E-state index >= 15 is 0 Å². The molecule has 3 heteroatoms. The molecule has 0 spiro atoms. The number of aliphatic imine (C=N–C) groups is 1. The topological polar surface area (TPSA) is 15.6 Å². The molecule has 1 saturated heterocycles. The minimum absolute atomic E-state index is 1.01. The van der Waals surface area contributed by atoms with Gasteiger partial charge >= 0.3 is 0 Å². The van der Waals surface area contributed by atoms with Crippen LogP contribution in [-0.4, -0.2) is 29.7 Å². The highest BCUT2D eigenvalue weighted by atomic mass is 32.2. The molecule has 2 nitrogen and oxygen atoms in total. The largest absolute Gasteiger partial charge is 0.348 e. The summed E-state index contributed by atoms with van der Waals surface area (Å²) in [6.45, 7) is 3.25. The molecular formula is C5H7N2S. The van der Waals surface area contributed by atoms with Gasteiger partial charge in [0.05, 0.1) is 6.54 Å². The number of nitrogens with zero attached hydrogens (tertiary/aromatic N) is 2. The fourth-order valence-corrected chi connectivity index (χ4v) is 1.83. The lowest BCUT2D eigenvalue weighted by molar-refractivity contribution is 0.517. The van der Waals surface area contributed by atoms with Crippen LogP contribution >= 0.6 is 11.8 Å². The fourth-order valence-electron chi connectivity index (χ4n) is 0.945. The van der Waals surface area contributed by atoms with Gasteiger partial charge in [0.15, 0.2) is 5.17 Å². The van der Waals surface area contributed by atoms with Gasteiger partial charge < -0.3 is 4.90 Å². The van der Waals surface area contributed by atoms with Crippen LogP contribution in [-0.2, 0) is 0 Å². The van der Waals surface area contributed by atoms with Crippen LogP contribution < -0.4 is 0 Å². The molecule has 0 amide bonds. The van der Waals surface area contributed by atoms with Crippen LogP contribution in [0.4, 0.5) is 0 Å². The van der Waals surface area contributed by atoms with Gasteiger partial charge in [0.1, 0.15) is 0 Å².